The third-order valence-electron chi connectivity index (χ3n) is 6.16. The van der Waals surface area contributed by atoms with Gasteiger partial charge in [0.15, 0.2) is 5.69 Å². The summed E-state index contributed by atoms with van der Waals surface area (Å²) >= 11 is 0. The Morgan fingerprint density at radius 3 is 2.62 bits per heavy atom. The molecule has 1 amide bonds. The van der Waals surface area contributed by atoms with Crippen LogP contribution in [0.2, 0.25) is 0 Å². The number of piperazine rings is 1. The van der Waals surface area contributed by atoms with Crippen molar-refractivity contribution in [1.29, 1.82) is 0 Å². The summed E-state index contributed by atoms with van der Waals surface area (Å²) in [5.41, 5.74) is 2.76. The van der Waals surface area contributed by atoms with Gasteiger partial charge in [-0.15, -0.1) is 4.91 Å². The molecular formula is C24H31N5O5. The summed E-state index contributed by atoms with van der Waals surface area (Å²) in [4.78, 5) is 38.2. The van der Waals surface area contributed by atoms with E-state index in [9.17, 15) is 24.9 Å². The molecule has 0 saturated carbocycles. The lowest BCUT2D eigenvalue weighted by atomic mass is 10.0. The highest BCUT2D eigenvalue weighted by atomic mass is 16.6. The van der Waals surface area contributed by atoms with Crippen LogP contribution < -0.4 is 10.2 Å². The maximum atomic E-state index is 12.4. The number of nitro benzene ring substituents is 1. The first-order valence-electron chi connectivity index (χ1n) is 11.5. The monoisotopic (exact) mass is 469 g/mol. The predicted molar refractivity (Wildman–Crippen MR) is 131 cm³/mol. The van der Waals surface area contributed by atoms with Crippen molar-refractivity contribution in [2.75, 3.05) is 44.2 Å². The zero-order valence-corrected chi connectivity index (χ0v) is 19.6. The average molecular weight is 470 g/mol. The summed E-state index contributed by atoms with van der Waals surface area (Å²) in [6.07, 6.45) is 2.92. The number of aromatic hydroxyl groups is 1. The third kappa shape index (κ3) is 5.88. The largest absolute Gasteiger partial charge is 0.501 e. The van der Waals surface area contributed by atoms with Crippen LogP contribution >= 0.6 is 0 Å². The molecule has 0 radical (unpaired) electrons. The Kier molecular flexibility index (Phi) is 8.53. The average Bonchev–Trinajstić information content (AvgIpc) is 2.83. The predicted octanol–water partition coefficient (Wildman–Crippen LogP) is 3.90. The van der Waals surface area contributed by atoms with Crippen molar-refractivity contribution in [3.05, 3.63) is 62.0 Å². The van der Waals surface area contributed by atoms with Crippen LogP contribution in [0.1, 0.15) is 41.3 Å². The molecule has 2 aromatic rings. The smallest absolute Gasteiger partial charge is 0.313 e. The van der Waals surface area contributed by atoms with E-state index in [0.29, 0.717) is 6.54 Å². The Morgan fingerprint density at radius 2 is 1.97 bits per heavy atom. The maximum absolute atomic E-state index is 12.4. The number of nitrogens with one attached hydrogen (secondary N) is 1. The number of carbonyl (C=O) groups is 1. The van der Waals surface area contributed by atoms with Gasteiger partial charge in [-0.25, -0.2) is 0 Å². The van der Waals surface area contributed by atoms with Crippen LogP contribution in [0.5, 0.6) is 5.75 Å². The highest BCUT2D eigenvalue weighted by Gasteiger charge is 2.23. The van der Waals surface area contributed by atoms with E-state index in [2.05, 4.69) is 52.3 Å². The molecule has 2 N–H and O–H groups in total. The van der Waals surface area contributed by atoms with E-state index in [-0.39, 0.29) is 5.56 Å². The number of hydrogen-bond acceptors (Lipinski definition) is 8. The minimum atomic E-state index is -0.859. The number of phenols is 1. The summed E-state index contributed by atoms with van der Waals surface area (Å²) in [5.74, 6) is -1.40. The zero-order valence-electron chi connectivity index (χ0n) is 19.6. The van der Waals surface area contributed by atoms with Crippen molar-refractivity contribution < 1.29 is 14.8 Å². The molecule has 0 bridgehead atoms. The van der Waals surface area contributed by atoms with Crippen molar-refractivity contribution in [2.24, 2.45) is 5.18 Å². The molecule has 3 rings (SSSR count). The second-order valence-corrected chi connectivity index (χ2v) is 8.47. The molecule has 0 spiro atoms. The van der Waals surface area contributed by atoms with Gasteiger partial charge in [0.05, 0.1) is 4.92 Å². The fourth-order valence-corrected chi connectivity index (χ4v) is 4.32. The minimum absolute atomic E-state index is 0.0891. The number of carbonyl (C=O) groups excluding carboxylic acids is 1. The number of hydrogen-bond donors (Lipinski definition) is 2. The van der Waals surface area contributed by atoms with Crippen LogP contribution in [-0.2, 0) is 6.42 Å². The Hall–Kier alpha value is -3.53. The molecular weight excluding hydrogens is 438 g/mol. The topological polar surface area (TPSA) is 128 Å². The lowest BCUT2D eigenvalue weighted by Gasteiger charge is -2.37. The molecule has 0 unspecified atom stereocenters. The highest BCUT2D eigenvalue weighted by Crippen LogP contribution is 2.37. The van der Waals surface area contributed by atoms with E-state index < -0.39 is 28.0 Å². The van der Waals surface area contributed by atoms with Gasteiger partial charge in [0.25, 0.3) is 5.91 Å². The molecule has 0 aliphatic carbocycles. The van der Waals surface area contributed by atoms with Crippen LogP contribution in [-0.4, -0.2) is 60.1 Å². The number of nitrogens with zero attached hydrogens (tertiary/aromatic N) is 4. The van der Waals surface area contributed by atoms with Crippen molar-refractivity contribution in [1.82, 2.24) is 10.2 Å². The molecule has 0 aromatic heterocycles. The molecule has 1 aliphatic rings. The molecule has 1 aliphatic heterocycles. The first-order chi connectivity index (χ1) is 16.3. The van der Waals surface area contributed by atoms with E-state index in [1.165, 1.54) is 16.8 Å². The van der Waals surface area contributed by atoms with E-state index in [0.717, 1.165) is 64.1 Å². The van der Waals surface area contributed by atoms with Gasteiger partial charge in [-0.05, 0) is 54.7 Å². The Morgan fingerprint density at radius 1 is 1.24 bits per heavy atom. The SMILES string of the molecule is CCCc1c(C)cccc1N1CCN(CCCNC(=O)c2cc(N=O)c(O)c([N+](=O)[O-])c2)CC1. The summed E-state index contributed by atoms with van der Waals surface area (Å²) in [5, 5.41) is 26.0. The van der Waals surface area contributed by atoms with Crippen LogP contribution in [0.4, 0.5) is 17.1 Å². The Labute approximate surface area is 198 Å². The van der Waals surface area contributed by atoms with Gasteiger partial charge in [-0.3, -0.25) is 19.8 Å². The molecule has 34 heavy (non-hydrogen) atoms. The summed E-state index contributed by atoms with van der Waals surface area (Å²) < 4.78 is 0. The van der Waals surface area contributed by atoms with Gasteiger partial charge >= 0.3 is 5.69 Å². The number of phenolic OH excluding ortho intramolecular Hbond substituents is 1. The Bertz CT molecular complexity index is 1050. The van der Waals surface area contributed by atoms with Gasteiger partial charge in [0, 0.05) is 50.0 Å². The lowest BCUT2D eigenvalue weighted by Crippen LogP contribution is -2.47. The Balaban J connectivity index is 1.48. The van der Waals surface area contributed by atoms with Crippen molar-refractivity contribution in [2.45, 2.75) is 33.1 Å². The molecule has 10 heteroatoms. The van der Waals surface area contributed by atoms with Gasteiger partial charge in [-0.1, -0.05) is 25.5 Å². The molecule has 1 fully saturated rings. The lowest BCUT2D eigenvalue weighted by molar-refractivity contribution is -0.385. The second kappa shape index (κ2) is 11.6. The number of amides is 1. The number of aryl methyl sites for hydroxylation is 1. The fourth-order valence-electron chi connectivity index (χ4n) is 4.32. The van der Waals surface area contributed by atoms with Crippen LogP contribution in [0.15, 0.2) is 35.5 Å². The van der Waals surface area contributed by atoms with Crippen molar-refractivity contribution in [3.63, 3.8) is 0 Å². The fraction of sp³-hybridized carbons (Fsp3) is 0.458. The van der Waals surface area contributed by atoms with E-state index >= 15 is 0 Å². The van der Waals surface area contributed by atoms with Gasteiger partial charge in [0.2, 0.25) is 5.75 Å². The third-order valence-corrected chi connectivity index (χ3v) is 6.16. The number of nitro groups is 1. The first-order valence-corrected chi connectivity index (χ1v) is 11.5. The van der Waals surface area contributed by atoms with E-state index in [1.807, 2.05) is 0 Å². The first kappa shape index (κ1) is 25.1. The van der Waals surface area contributed by atoms with Gasteiger partial charge in [0.1, 0.15) is 0 Å². The molecule has 1 saturated heterocycles. The molecule has 2 aromatic carbocycles. The number of benzene rings is 2. The highest BCUT2D eigenvalue weighted by molar-refractivity contribution is 5.96. The standard InChI is InChI=1S/C24H31N5O5/c1-3-6-19-17(2)7-4-8-21(19)28-13-11-27(12-14-28)10-5-9-25-24(31)18-15-20(26-32)23(30)22(16-18)29(33)34/h4,7-8,15-16,30H,3,5-6,9-14H2,1-2H3,(H,25,31). The minimum Gasteiger partial charge on any atom is -0.501 e. The van der Waals surface area contributed by atoms with Crippen molar-refractivity contribution in [3.8, 4) is 5.75 Å². The normalized spacial score (nSPS) is 14.1. The van der Waals surface area contributed by atoms with E-state index in [4.69, 9.17) is 0 Å². The number of nitroso groups, excluding NO2 is 1. The summed E-state index contributed by atoms with van der Waals surface area (Å²) in [7, 11) is 0. The zero-order chi connectivity index (χ0) is 24.7. The molecule has 10 nitrogen and oxygen atoms in total. The quantitative estimate of drug-likeness (QED) is 0.234. The number of rotatable bonds is 10. The van der Waals surface area contributed by atoms with Crippen LogP contribution in [0.25, 0.3) is 0 Å². The van der Waals surface area contributed by atoms with Crippen molar-refractivity contribution >= 4 is 23.0 Å². The molecule has 182 valence electrons. The second-order valence-electron chi connectivity index (χ2n) is 8.47. The summed E-state index contributed by atoms with van der Waals surface area (Å²) in [6.45, 7) is 9.35. The number of anilines is 1. The maximum Gasteiger partial charge on any atom is 0.313 e. The van der Waals surface area contributed by atoms with Crippen LogP contribution in [0, 0.1) is 21.9 Å². The summed E-state index contributed by atoms with van der Waals surface area (Å²) in [6, 6.07) is 8.49. The van der Waals surface area contributed by atoms with E-state index in [1.54, 1.807) is 0 Å². The molecule has 0 atom stereocenters. The molecule has 1 heterocycles. The van der Waals surface area contributed by atoms with Gasteiger partial charge < -0.3 is 15.3 Å². The van der Waals surface area contributed by atoms with Crippen LogP contribution in [0.3, 0.4) is 0 Å². The van der Waals surface area contributed by atoms with Gasteiger partial charge in [-0.2, -0.15) is 0 Å².